The number of halogens is 1. The van der Waals surface area contributed by atoms with Crippen molar-refractivity contribution < 1.29 is 4.79 Å². The van der Waals surface area contributed by atoms with Crippen LogP contribution in [-0.4, -0.2) is 15.7 Å². The summed E-state index contributed by atoms with van der Waals surface area (Å²) < 4.78 is 3.11. The molecule has 1 heterocycles. The number of hydrogen-bond donors (Lipinski definition) is 1. The van der Waals surface area contributed by atoms with E-state index in [2.05, 4.69) is 71.4 Å². The first-order valence-corrected chi connectivity index (χ1v) is 10.7. The Morgan fingerprint density at radius 1 is 1.26 bits per heavy atom. The Morgan fingerprint density at radius 3 is 2.48 bits per heavy atom. The zero-order valence-electron chi connectivity index (χ0n) is 16.8. The lowest BCUT2D eigenvalue weighted by atomic mass is 9.77. The highest BCUT2D eigenvalue weighted by molar-refractivity contribution is 9.10. The van der Waals surface area contributed by atoms with Gasteiger partial charge in [-0.2, -0.15) is 5.10 Å². The van der Waals surface area contributed by atoms with Crippen molar-refractivity contribution in [2.45, 2.75) is 66.0 Å². The third-order valence-corrected chi connectivity index (χ3v) is 6.10. The predicted molar refractivity (Wildman–Crippen MR) is 113 cm³/mol. The van der Waals surface area contributed by atoms with Gasteiger partial charge in [-0.1, -0.05) is 48.3 Å². The van der Waals surface area contributed by atoms with Crippen LogP contribution in [0.25, 0.3) is 0 Å². The number of benzene rings is 1. The number of hydrogen-bond acceptors (Lipinski definition) is 2. The van der Waals surface area contributed by atoms with Crippen molar-refractivity contribution in [2.24, 2.45) is 11.8 Å². The second kappa shape index (κ2) is 8.59. The van der Waals surface area contributed by atoms with Gasteiger partial charge in [0.15, 0.2) is 0 Å². The predicted octanol–water partition coefficient (Wildman–Crippen LogP) is 5.12. The molecule has 3 rings (SSSR count). The van der Waals surface area contributed by atoms with Gasteiger partial charge >= 0.3 is 0 Å². The van der Waals surface area contributed by atoms with Crippen LogP contribution in [0.3, 0.4) is 0 Å². The molecule has 1 atom stereocenters. The van der Waals surface area contributed by atoms with Gasteiger partial charge in [-0.25, -0.2) is 0 Å². The van der Waals surface area contributed by atoms with Crippen molar-refractivity contribution in [1.29, 1.82) is 0 Å². The molecule has 1 amide bonds. The van der Waals surface area contributed by atoms with Crippen LogP contribution in [0.2, 0.25) is 0 Å². The number of amides is 1. The molecule has 5 heteroatoms. The molecule has 1 aromatic carbocycles. The topological polar surface area (TPSA) is 46.9 Å². The zero-order chi connectivity index (χ0) is 19.6. The highest BCUT2D eigenvalue weighted by Crippen LogP contribution is 2.38. The van der Waals surface area contributed by atoms with Crippen LogP contribution in [-0.2, 0) is 17.8 Å². The minimum Gasteiger partial charge on any atom is -0.349 e. The van der Waals surface area contributed by atoms with E-state index in [1.165, 1.54) is 24.8 Å². The summed E-state index contributed by atoms with van der Waals surface area (Å²) in [4.78, 5) is 12.9. The smallest absolute Gasteiger partial charge is 0.225 e. The Bertz CT molecular complexity index is 791. The van der Waals surface area contributed by atoms with Crippen LogP contribution in [0.1, 0.15) is 61.7 Å². The van der Waals surface area contributed by atoms with Gasteiger partial charge in [-0.3, -0.25) is 9.48 Å². The molecule has 0 radical (unpaired) electrons. The van der Waals surface area contributed by atoms with Gasteiger partial charge in [-0.05, 0) is 56.2 Å². The van der Waals surface area contributed by atoms with Crippen molar-refractivity contribution in [3.05, 3.63) is 51.3 Å². The van der Waals surface area contributed by atoms with Crippen molar-refractivity contribution in [2.75, 3.05) is 0 Å². The lowest BCUT2D eigenvalue weighted by Gasteiger charge is -2.34. The monoisotopic (exact) mass is 431 g/mol. The molecule has 1 saturated carbocycles. The highest BCUT2D eigenvalue weighted by Gasteiger charge is 2.30. The van der Waals surface area contributed by atoms with Gasteiger partial charge in [-0.15, -0.1) is 0 Å². The summed E-state index contributed by atoms with van der Waals surface area (Å²) >= 11 is 3.50. The molecular formula is C22H30BrN3O. The maximum Gasteiger partial charge on any atom is 0.225 e. The van der Waals surface area contributed by atoms with Gasteiger partial charge in [0, 0.05) is 22.3 Å². The third kappa shape index (κ3) is 4.81. The number of nitrogens with one attached hydrogen (secondary N) is 1. The zero-order valence-corrected chi connectivity index (χ0v) is 18.3. The van der Waals surface area contributed by atoms with Crippen LogP contribution < -0.4 is 5.32 Å². The van der Waals surface area contributed by atoms with E-state index in [1.807, 2.05) is 11.6 Å². The quantitative estimate of drug-likeness (QED) is 0.660. The van der Waals surface area contributed by atoms with Crippen molar-refractivity contribution in [3.63, 3.8) is 0 Å². The summed E-state index contributed by atoms with van der Waals surface area (Å²) in [6, 6.07) is 8.44. The summed E-state index contributed by atoms with van der Waals surface area (Å²) in [5, 5.41) is 7.96. The van der Waals surface area contributed by atoms with E-state index in [0.717, 1.165) is 28.0 Å². The second-order valence-corrected chi connectivity index (χ2v) is 9.11. The fraction of sp³-hybridized carbons (Fsp3) is 0.545. The number of nitrogens with zero attached hydrogens (tertiary/aromatic N) is 2. The van der Waals surface area contributed by atoms with Gasteiger partial charge < -0.3 is 5.32 Å². The normalized spacial score (nSPS) is 15.6. The van der Waals surface area contributed by atoms with Gasteiger partial charge in [0.2, 0.25) is 5.91 Å². The van der Waals surface area contributed by atoms with Crippen LogP contribution in [0.4, 0.5) is 0 Å². The molecule has 4 nitrogen and oxygen atoms in total. The van der Waals surface area contributed by atoms with E-state index in [4.69, 9.17) is 0 Å². The fourth-order valence-corrected chi connectivity index (χ4v) is 4.08. The van der Waals surface area contributed by atoms with Crippen LogP contribution in [0.15, 0.2) is 28.7 Å². The SMILES string of the molecule is Cc1nn(CC(C)C)c(C)c1CC(=O)NC(c1ccc(Br)cc1)C1CCC1. The summed E-state index contributed by atoms with van der Waals surface area (Å²) in [6.07, 6.45) is 4.03. The molecule has 1 N–H and O–H groups in total. The number of aryl methyl sites for hydroxylation is 1. The maximum atomic E-state index is 12.9. The summed E-state index contributed by atoms with van der Waals surface area (Å²) in [6.45, 7) is 9.33. The van der Waals surface area contributed by atoms with Crippen LogP contribution in [0, 0.1) is 25.7 Å². The van der Waals surface area contributed by atoms with E-state index in [9.17, 15) is 4.79 Å². The molecule has 0 bridgehead atoms. The third-order valence-electron chi connectivity index (χ3n) is 5.57. The molecule has 1 fully saturated rings. The lowest BCUT2D eigenvalue weighted by molar-refractivity contribution is -0.121. The minimum atomic E-state index is 0.0881. The molecule has 1 aromatic heterocycles. The minimum absolute atomic E-state index is 0.0881. The Balaban J connectivity index is 1.73. The average molecular weight is 432 g/mol. The molecule has 0 aliphatic heterocycles. The molecule has 1 aliphatic carbocycles. The van der Waals surface area contributed by atoms with E-state index in [1.54, 1.807) is 0 Å². The summed E-state index contributed by atoms with van der Waals surface area (Å²) in [5.74, 6) is 1.16. The molecule has 1 unspecified atom stereocenters. The molecule has 146 valence electrons. The van der Waals surface area contributed by atoms with Gasteiger partial charge in [0.05, 0.1) is 18.2 Å². The Morgan fingerprint density at radius 2 is 1.93 bits per heavy atom. The molecule has 27 heavy (non-hydrogen) atoms. The highest BCUT2D eigenvalue weighted by atomic mass is 79.9. The fourth-order valence-electron chi connectivity index (χ4n) is 3.82. The van der Waals surface area contributed by atoms with Crippen molar-refractivity contribution in [3.8, 4) is 0 Å². The summed E-state index contributed by atoms with van der Waals surface area (Å²) in [5.41, 5.74) is 4.34. The Kier molecular flexibility index (Phi) is 6.40. The Labute approximate surface area is 170 Å². The first kappa shape index (κ1) is 20.1. The molecule has 0 saturated heterocycles. The second-order valence-electron chi connectivity index (χ2n) is 8.19. The standard InChI is InChI=1S/C22H30BrN3O/c1-14(2)13-26-16(4)20(15(3)25-26)12-21(27)24-22(17-6-5-7-17)18-8-10-19(23)11-9-18/h8-11,14,17,22H,5-7,12-13H2,1-4H3,(H,24,27). The molecule has 0 spiro atoms. The van der Waals surface area contributed by atoms with Gasteiger partial charge in [0.25, 0.3) is 0 Å². The van der Waals surface area contributed by atoms with E-state index < -0.39 is 0 Å². The largest absolute Gasteiger partial charge is 0.349 e. The van der Waals surface area contributed by atoms with Gasteiger partial charge in [0.1, 0.15) is 0 Å². The number of carbonyl (C=O) groups is 1. The lowest BCUT2D eigenvalue weighted by Crippen LogP contribution is -2.37. The van der Waals surface area contributed by atoms with Crippen LogP contribution >= 0.6 is 15.9 Å². The van der Waals surface area contributed by atoms with E-state index in [-0.39, 0.29) is 11.9 Å². The number of rotatable bonds is 7. The average Bonchev–Trinajstić information content (AvgIpc) is 2.80. The molecule has 2 aromatic rings. The molecular weight excluding hydrogens is 402 g/mol. The number of carbonyl (C=O) groups excluding carboxylic acids is 1. The first-order valence-electron chi connectivity index (χ1n) is 9.93. The van der Waals surface area contributed by atoms with E-state index >= 15 is 0 Å². The van der Waals surface area contributed by atoms with Crippen molar-refractivity contribution >= 4 is 21.8 Å². The Hall–Kier alpha value is -1.62. The number of aromatic nitrogens is 2. The van der Waals surface area contributed by atoms with Crippen molar-refractivity contribution in [1.82, 2.24) is 15.1 Å². The maximum absolute atomic E-state index is 12.9. The summed E-state index contributed by atoms with van der Waals surface area (Å²) in [7, 11) is 0. The first-order chi connectivity index (χ1) is 12.8. The van der Waals surface area contributed by atoms with E-state index in [0.29, 0.717) is 18.3 Å². The van der Waals surface area contributed by atoms with Crippen LogP contribution in [0.5, 0.6) is 0 Å². The molecule has 1 aliphatic rings.